The van der Waals surface area contributed by atoms with Crippen LogP contribution >= 0.6 is 0 Å². The predicted octanol–water partition coefficient (Wildman–Crippen LogP) is 3.58. The van der Waals surface area contributed by atoms with Crippen LogP contribution in [0.4, 0.5) is 0 Å². The molecule has 2 saturated heterocycles. The molecule has 5 unspecified atom stereocenters. The highest BCUT2D eigenvalue weighted by atomic mass is 16.5. The van der Waals surface area contributed by atoms with Gasteiger partial charge in [0, 0.05) is 23.9 Å². The van der Waals surface area contributed by atoms with Crippen molar-refractivity contribution in [2.45, 2.75) is 70.6 Å². The second-order valence-electron chi connectivity index (χ2n) is 10.6. The summed E-state index contributed by atoms with van der Waals surface area (Å²) in [5.41, 5.74) is 2.02. The van der Waals surface area contributed by atoms with Crippen LogP contribution in [0.2, 0.25) is 0 Å². The molecule has 0 amide bonds. The Balaban J connectivity index is 1.53. The number of aliphatic hydroxyl groups excluding tert-OH is 1. The van der Waals surface area contributed by atoms with Crippen LogP contribution in [0, 0.1) is 34.0 Å². The summed E-state index contributed by atoms with van der Waals surface area (Å²) in [6.07, 6.45) is 10.4. The zero-order valence-corrected chi connectivity index (χ0v) is 15.7. The molecule has 8 atom stereocenters. The van der Waals surface area contributed by atoms with E-state index >= 15 is 0 Å². The maximum absolute atomic E-state index is 11.3. The Morgan fingerprint density at radius 3 is 2.88 bits per heavy atom. The molecule has 7 fully saturated rings. The van der Waals surface area contributed by atoms with E-state index in [-0.39, 0.29) is 11.5 Å². The molecule has 3 heteroatoms. The molecule has 1 spiro atoms. The summed E-state index contributed by atoms with van der Waals surface area (Å²) in [7, 11) is 0. The average Bonchev–Trinajstić information content (AvgIpc) is 3.06. The van der Waals surface area contributed by atoms with Crippen LogP contribution in [-0.2, 0) is 4.74 Å². The van der Waals surface area contributed by atoms with Gasteiger partial charge in [-0.25, -0.2) is 0 Å². The molecule has 3 nitrogen and oxygen atoms in total. The first-order chi connectivity index (χ1) is 12.0. The average molecular weight is 344 g/mol. The lowest BCUT2D eigenvalue weighted by Crippen LogP contribution is -2.73. The van der Waals surface area contributed by atoms with Crippen molar-refractivity contribution in [1.82, 2.24) is 4.90 Å². The van der Waals surface area contributed by atoms with Crippen LogP contribution in [0.5, 0.6) is 0 Å². The standard InChI is InChI=1S/C22H33NO2/c1-14-15-4-8-21(18(14)24)9-5-16-20(2)6-3-7-22(16,17(21)12-15)19-23(13-20)10-11-25-19/h15-19,24H,1,3-13H2,2H3/t15?,16-,17?,18?,19?,20+,21+,22?/m1/s1. The van der Waals surface area contributed by atoms with Gasteiger partial charge in [0.05, 0.1) is 12.7 Å². The van der Waals surface area contributed by atoms with Gasteiger partial charge in [-0.15, -0.1) is 0 Å². The van der Waals surface area contributed by atoms with Gasteiger partial charge in [-0.3, -0.25) is 4.90 Å². The lowest BCUT2D eigenvalue weighted by molar-refractivity contribution is -0.290. The van der Waals surface area contributed by atoms with E-state index < -0.39 is 0 Å². The van der Waals surface area contributed by atoms with Gasteiger partial charge in [-0.1, -0.05) is 19.9 Å². The highest BCUT2D eigenvalue weighted by Gasteiger charge is 2.73. The molecule has 0 aromatic rings. The number of fused-ring (bicyclic) bond motifs is 3. The number of piperidine rings is 1. The number of aliphatic hydroxyl groups is 1. The van der Waals surface area contributed by atoms with E-state index in [0.29, 0.717) is 28.9 Å². The van der Waals surface area contributed by atoms with E-state index in [9.17, 15) is 5.11 Å². The van der Waals surface area contributed by atoms with E-state index in [1.54, 1.807) is 0 Å². The van der Waals surface area contributed by atoms with Gasteiger partial charge in [0.25, 0.3) is 0 Å². The monoisotopic (exact) mass is 343 g/mol. The second-order valence-corrected chi connectivity index (χ2v) is 10.6. The second kappa shape index (κ2) is 4.72. The Hall–Kier alpha value is -0.380. The van der Waals surface area contributed by atoms with E-state index in [1.165, 1.54) is 57.9 Å². The predicted molar refractivity (Wildman–Crippen MR) is 96.8 cm³/mol. The van der Waals surface area contributed by atoms with Crippen molar-refractivity contribution in [2.24, 2.45) is 34.0 Å². The Kier molecular flexibility index (Phi) is 2.95. The molecule has 2 aliphatic heterocycles. The summed E-state index contributed by atoms with van der Waals surface area (Å²) in [6, 6.07) is 0. The molecule has 2 heterocycles. The lowest BCUT2D eigenvalue weighted by atomic mass is 9.34. The fourth-order valence-corrected chi connectivity index (χ4v) is 9.23. The maximum Gasteiger partial charge on any atom is 0.117 e. The molecule has 138 valence electrons. The Morgan fingerprint density at radius 2 is 2.00 bits per heavy atom. The molecule has 5 aliphatic carbocycles. The van der Waals surface area contributed by atoms with Crippen molar-refractivity contribution >= 4 is 0 Å². The third-order valence-electron chi connectivity index (χ3n) is 10.00. The fraction of sp³-hybridized carbons (Fsp3) is 0.909. The molecule has 25 heavy (non-hydrogen) atoms. The highest BCUT2D eigenvalue weighted by Crippen LogP contribution is 2.75. The molecule has 4 bridgehead atoms. The lowest BCUT2D eigenvalue weighted by Gasteiger charge is -2.73. The van der Waals surface area contributed by atoms with Crippen molar-refractivity contribution in [3.05, 3.63) is 12.2 Å². The van der Waals surface area contributed by atoms with Gasteiger partial charge in [0.15, 0.2) is 0 Å². The number of nitrogens with zero attached hydrogens (tertiary/aromatic N) is 1. The van der Waals surface area contributed by atoms with E-state index in [4.69, 9.17) is 4.74 Å². The molecule has 5 saturated carbocycles. The van der Waals surface area contributed by atoms with Gasteiger partial charge in [-0.2, -0.15) is 0 Å². The minimum absolute atomic E-state index is 0.107. The molecule has 7 rings (SSSR count). The van der Waals surface area contributed by atoms with Gasteiger partial charge in [-0.05, 0) is 73.7 Å². The summed E-state index contributed by atoms with van der Waals surface area (Å²) in [5.74, 6) is 1.99. The Bertz CT molecular complexity index is 634. The molecule has 7 aliphatic rings. The number of rotatable bonds is 0. The van der Waals surface area contributed by atoms with E-state index in [1.807, 2.05) is 0 Å². The first kappa shape index (κ1) is 15.7. The normalized spacial score (nSPS) is 60.1. The number of hydrogen-bond acceptors (Lipinski definition) is 3. The zero-order chi connectivity index (χ0) is 17.0. The molecule has 1 N–H and O–H groups in total. The van der Waals surface area contributed by atoms with Crippen LogP contribution in [0.15, 0.2) is 12.2 Å². The fourth-order valence-electron chi connectivity index (χ4n) is 9.23. The number of ether oxygens (including phenoxy) is 1. The smallest absolute Gasteiger partial charge is 0.117 e. The third-order valence-corrected chi connectivity index (χ3v) is 10.00. The summed E-state index contributed by atoms with van der Waals surface area (Å²) in [6.45, 7) is 10.2. The van der Waals surface area contributed by atoms with Crippen LogP contribution in [0.1, 0.15) is 58.3 Å². The van der Waals surface area contributed by atoms with Crippen LogP contribution in [0.25, 0.3) is 0 Å². The van der Waals surface area contributed by atoms with E-state index in [2.05, 4.69) is 18.4 Å². The van der Waals surface area contributed by atoms with Gasteiger partial charge >= 0.3 is 0 Å². The van der Waals surface area contributed by atoms with Crippen molar-refractivity contribution < 1.29 is 9.84 Å². The third kappa shape index (κ3) is 1.62. The Labute approximate surface area is 151 Å². The SMILES string of the molecule is C=C1C2CC[C@@]3(CC[C@H]4C5(CCC[C@@]4(C)CN4CCOC45)C3C2)C1O. The summed E-state index contributed by atoms with van der Waals surface area (Å²) in [4.78, 5) is 2.69. The molecule has 0 radical (unpaired) electrons. The Morgan fingerprint density at radius 1 is 1.16 bits per heavy atom. The molecular formula is C22H33NO2. The van der Waals surface area contributed by atoms with Crippen LogP contribution in [-0.4, -0.2) is 42.0 Å². The van der Waals surface area contributed by atoms with Gasteiger partial charge < -0.3 is 9.84 Å². The van der Waals surface area contributed by atoms with Gasteiger partial charge in [0.1, 0.15) is 6.23 Å². The first-order valence-electron chi connectivity index (χ1n) is 10.7. The van der Waals surface area contributed by atoms with Crippen LogP contribution < -0.4 is 0 Å². The summed E-state index contributed by atoms with van der Waals surface area (Å²) >= 11 is 0. The topological polar surface area (TPSA) is 32.7 Å². The highest BCUT2D eigenvalue weighted by molar-refractivity contribution is 5.28. The summed E-state index contributed by atoms with van der Waals surface area (Å²) < 4.78 is 6.49. The minimum atomic E-state index is -0.259. The van der Waals surface area contributed by atoms with Crippen molar-refractivity contribution in [2.75, 3.05) is 19.7 Å². The quantitative estimate of drug-likeness (QED) is 0.683. The molecular weight excluding hydrogens is 310 g/mol. The minimum Gasteiger partial charge on any atom is -0.388 e. The van der Waals surface area contributed by atoms with Crippen molar-refractivity contribution in [1.29, 1.82) is 0 Å². The first-order valence-corrected chi connectivity index (χ1v) is 10.7. The molecule has 0 aromatic carbocycles. The van der Waals surface area contributed by atoms with Crippen LogP contribution in [0.3, 0.4) is 0 Å². The largest absolute Gasteiger partial charge is 0.388 e. The van der Waals surface area contributed by atoms with Gasteiger partial charge in [0.2, 0.25) is 0 Å². The number of hydrogen-bond donors (Lipinski definition) is 1. The summed E-state index contributed by atoms with van der Waals surface area (Å²) in [5, 5.41) is 11.3. The maximum atomic E-state index is 11.3. The van der Waals surface area contributed by atoms with Crippen molar-refractivity contribution in [3.63, 3.8) is 0 Å². The van der Waals surface area contributed by atoms with E-state index in [0.717, 1.165) is 24.6 Å². The van der Waals surface area contributed by atoms with Crippen molar-refractivity contribution in [3.8, 4) is 0 Å². The zero-order valence-electron chi connectivity index (χ0n) is 15.7. The molecule has 0 aromatic heterocycles.